The maximum absolute atomic E-state index is 10.00. The summed E-state index contributed by atoms with van der Waals surface area (Å²) in [6.45, 7) is 3.20. The second-order valence-electron chi connectivity index (χ2n) is 4.60. The Hall–Kier alpha value is -2.12. The third kappa shape index (κ3) is 18.3. The van der Waals surface area contributed by atoms with Crippen molar-refractivity contribution >= 4 is 23.9 Å². The predicted octanol–water partition coefficient (Wildman–Crippen LogP) is 1.14. The van der Waals surface area contributed by atoms with Crippen molar-refractivity contribution in [3.05, 3.63) is 0 Å². The lowest BCUT2D eigenvalue weighted by molar-refractivity contribution is -0.142. The number of hydrogen-bond acceptors (Lipinski definition) is 4. The minimum atomic E-state index is -0.950. The van der Waals surface area contributed by atoms with Crippen LogP contribution in [0.15, 0.2) is 0 Å². The van der Waals surface area contributed by atoms with Gasteiger partial charge in [-0.05, 0) is 11.8 Å². The van der Waals surface area contributed by atoms with Crippen molar-refractivity contribution < 1.29 is 39.6 Å². The van der Waals surface area contributed by atoms with Gasteiger partial charge in [-0.15, -0.1) is 0 Å². The van der Waals surface area contributed by atoms with Crippen molar-refractivity contribution in [1.29, 1.82) is 0 Å². The highest BCUT2D eigenvalue weighted by atomic mass is 16.4. The molecular weight excluding hydrogens is 272 g/mol. The first-order valence-corrected chi connectivity index (χ1v) is 5.91. The van der Waals surface area contributed by atoms with Gasteiger partial charge in [0.25, 0.3) is 0 Å². The summed E-state index contributed by atoms with van der Waals surface area (Å²) in [7, 11) is 0. The third-order valence-electron chi connectivity index (χ3n) is 2.09. The second kappa shape index (κ2) is 10.8. The van der Waals surface area contributed by atoms with E-state index in [1.807, 2.05) is 0 Å². The maximum atomic E-state index is 10.00. The van der Waals surface area contributed by atoms with E-state index in [9.17, 15) is 19.2 Å². The molecular formula is C12H20O8. The Morgan fingerprint density at radius 3 is 0.850 bits per heavy atom. The van der Waals surface area contributed by atoms with E-state index >= 15 is 0 Å². The number of carboxylic acid groups (broad SMARTS) is 4. The molecule has 0 saturated carbocycles. The lowest BCUT2D eigenvalue weighted by Crippen LogP contribution is -2.08. The molecule has 0 unspecified atom stereocenters. The van der Waals surface area contributed by atoms with E-state index in [1.54, 1.807) is 13.8 Å². The van der Waals surface area contributed by atoms with Crippen molar-refractivity contribution in [3.63, 3.8) is 0 Å². The molecule has 0 aliphatic rings. The third-order valence-corrected chi connectivity index (χ3v) is 2.09. The van der Waals surface area contributed by atoms with Gasteiger partial charge in [0.2, 0.25) is 0 Å². The van der Waals surface area contributed by atoms with Gasteiger partial charge in [0.1, 0.15) is 0 Å². The van der Waals surface area contributed by atoms with E-state index in [0.717, 1.165) is 0 Å². The van der Waals surface area contributed by atoms with Crippen molar-refractivity contribution in [2.45, 2.75) is 39.5 Å². The minimum Gasteiger partial charge on any atom is -0.481 e. The van der Waals surface area contributed by atoms with Crippen LogP contribution in [0.1, 0.15) is 39.5 Å². The van der Waals surface area contributed by atoms with Crippen molar-refractivity contribution in [2.24, 2.45) is 11.8 Å². The molecule has 116 valence electrons. The fourth-order valence-electron chi connectivity index (χ4n) is 1.34. The maximum Gasteiger partial charge on any atom is 0.303 e. The number of hydrogen-bond donors (Lipinski definition) is 4. The molecule has 0 saturated heterocycles. The Morgan fingerprint density at radius 2 is 0.750 bits per heavy atom. The molecule has 0 atom stereocenters. The quantitative estimate of drug-likeness (QED) is 0.520. The Balaban J connectivity index is 0. The molecule has 0 bridgehead atoms. The monoisotopic (exact) mass is 292 g/mol. The molecule has 0 spiro atoms. The van der Waals surface area contributed by atoms with Crippen LogP contribution in [0, 0.1) is 11.8 Å². The highest BCUT2D eigenvalue weighted by Gasteiger charge is 2.11. The van der Waals surface area contributed by atoms with Crippen LogP contribution in [0.2, 0.25) is 0 Å². The number of rotatable bonds is 8. The molecule has 0 radical (unpaired) electrons. The van der Waals surface area contributed by atoms with Gasteiger partial charge in [-0.1, -0.05) is 13.8 Å². The molecule has 0 aromatic rings. The van der Waals surface area contributed by atoms with E-state index in [4.69, 9.17) is 20.4 Å². The summed E-state index contributed by atoms with van der Waals surface area (Å²) < 4.78 is 0. The Labute approximate surface area is 116 Å². The van der Waals surface area contributed by atoms with Crippen LogP contribution in [0.3, 0.4) is 0 Å². The van der Waals surface area contributed by atoms with Gasteiger partial charge in [-0.2, -0.15) is 0 Å². The van der Waals surface area contributed by atoms with Crippen LogP contribution in [-0.4, -0.2) is 44.3 Å². The topological polar surface area (TPSA) is 149 Å². The number of aliphatic carboxylic acids is 4. The largest absolute Gasteiger partial charge is 0.481 e. The normalized spacial score (nSPS) is 9.80. The Morgan fingerprint density at radius 1 is 0.600 bits per heavy atom. The van der Waals surface area contributed by atoms with Crippen LogP contribution in [0.5, 0.6) is 0 Å². The van der Waals surface area contributed by atoms with Gasteiger partial charge < -0.3 is 20.4 Å². The van der Waals surface area contributed by atoms with Crippen molar-refractivity contribution in [2.75, 3.05) is 0 Å². The summed E-state index contributed by atoms with van der Waals surface area (Å²) in [5.74, 6) is -4.37. The summed E-state index contributed by atoms with van der Waals surface area (Å²) in [5, 5.41) is 32.8. The molecule has 8 heteroatoms. The van der Waals surface area contributed by atoms with E-state index < -0.39 is 23.9 Å². The van der Waals surface area contributed by atoms with E-state index in [0.29, 0.717) is 0 Å². The zero-order valence-corrected chi connectivity index (χ0v) is 11.4. The van der Waals surface area contributed by atoms with E-state index in [2.05, 4.69) is 0 Å². The van der Waals surface area contributed by atoms with Crippen LogP contribution >= 0.6 is 0 Å². The molecule has 0 heterocycles. The van der Waals surface area contributed by atoms with Crippen LogP contribution < -0.4 is 0 Å². The fraction of sp³-hybridized carbons (Fsp3) is 0.667. The van der Waals surface area contributed by atoms with Crippen molar-refractivity contribution in [1.82, 2.24) is 0 Å². The Bertz CT molecular complexity index is 283. The highest BCUT2D eigenvalue weighted by molar-refractivity contribution is 5.71. The summed E-state index contributed by atoms with van der Waals surface area (Å²) in [6.07, 6.45) is -0.308. The van der Waals surface area contributed by atoms with Gasteiger partial charge >= 0.3 is 23.9 Å². The average molecular weight is 292 g/mol. The molecule has 0 aromatic heterocycles. The molecule has 8 nitrogen and oxygen atoms in total. The van der Waals surface area contributed by atoms with E-state index in [-0.39, 0.29) is 37.5 Å². The smallest absolute Gasteiger partial charge is 0.303 e. The summed E-state index contributed by atoms with van der Waals surface area (Å²) in [4.78, 5) is 40.0. The zero-order chi connectivity index (χ0) is 16.3. The minimum absolute atomic E-state index is 0.0771. The average Bonchev–Trinajstić information content (AvgIpc) is 2.11. The summed E-state index contributed by atoms with van der Waals surface area (Å²) in [5.41, 5.74) is 0. The first-order valence-electron chi connectivity index (χ1n) is 5.91. The molecule has 0 amide bonds. The number of carboxylic acids is 4. The zero-order valence-electron chi connectivity index (χ0n) is 11.4. The van der Waals surface area contributed by atoms with Gasteiger partial charge in [-0.3, -0.25) is 19.2 Å². The fourth-order valence-corrected chi connectivity index (χ4v) is 1.34. The number of carbonyl (C=O) groups is 4. The summed E-state index contributed by atoms with van der Waals surface area (Å²) in [6, 6.07) is 0. The summed E-state index contributed by atoms with van der Waals surface area (Å²) >= 11 is 0. The first-order chi connectivity index (χ1) is 9.04. The van der Waals surface area contributed by atoms with E-state index in [1.165, 1.54) is 0 Å². The second-order valence-corrected chi connectivity index (χ2v) is 4.60. The predicted molar refractivity (Wildman–Crippen MR) is 67.3 cm³/mol. The van der Waals surface area contributed by atoms with Crippen LogP contribution in [0.25, 0.3) is 0 Å². The molecule has 0 aromatic carbocycles. The van der Waals surface area contributed by atoms with Gasteiger partial charge in [0.15, 0.2) is 0 Å². The highest BCUT2D eigenvalue weighted by Crippen LogP contribution is 2.06. The molecule has 4 N–H and O–H groups in total. The van der Waals surface area contributed by atoms with Crippen LogP contribution in [-0.2, 0) is 19.2 Å². The van der Waals surface area contributed by atoms with Gasteiger partial charge in [0, 0.05) is 25.7 Å². The van der Waals surface area contributed by atoms with Gasteiger partial charge in [-0.25, -0.2) is 0 Å². The lowest BCUT2D eigenvalue weighted by atomic mass is 10.1. The lowest BCUT2D eigenvalue weighted by Gasteiger charge is -2.02. The molecule has 0 fully saturated rings. The Kier molecular flexibility index (Phi) is 10.9. The molecule has 0 rings (SSSR count). The molecule has 0 aliphatic heterocycles. The van der Waals surface area contributed by atoms with Crippen LogP contribution in [0.4, 0.5) is 0 Å². The first kappa shape index (κ1) is 20.2. The molecule has 0 aliphatic carbocycles. The SMILES string of the molecule is CC(CC(=O)O)CC(=O)O.CC(CC(=O)O)CC(=O)O. The van der Waals surface area contributed by atoms with Gasteiger partial charge in [0.05, 0.1) is 0 Å². The molecule has 20 heavy (non-hydrogen) atoms. The standard InChI is InChI=1S/2C6H10O4/c2*1-4(2-5(7)8)3-6(9)10/h2*4H,2-3H2,1H3,(H,7,8)(H,9,10). The van der Waals surface area contributed by atoms with Crippen molar-refractivity contribution in [3.8, 4) is 0 Å².